The summed E-state index contributed by atoms with van der Waals surface area (Å²) in [6.07, 6.45) is 2.39. The van der Waals surface area contributed by atoms with E-state index in [1.165, 1.54) is 0 Å². The Hall–Kier alpha value is -2.47. The third kappa shape index (κ3) is 2.35. The molecule has 0 N–H and O–H groups in total. The van der Waals surface area contributed by atoms with Crippen molar-refractivity contribution in [1.82, 2.24) is 29.4 Å². The molecular weight excluding hydrogens is 312 g/mol. The van der Waals surface area contributed by atoms with E-state index in [1.807, 2.05) is 42.8 Å². The van der Waals surface area contributed by atoms with Crippen LogP contribution in [0.5, 0.6) is 0 Å². The van der Waals surface area contributed by atoms with Crippen molar-refractivity contribution in [2.24, 2.45) is 0 Å². The maximum atomic E-state index is 6.18. The molecule has 3 heterocycles. The van der Waals surface area contributed by atoms with E-state index in [2.05, 4.69) is 20.2 Å². The standard InChI is InChI=1S/C16H15ClN6/c1-10-15(17)11(2)22(20-10)8-7-14-19-16-12-5-3-4-6-13(12)18-9-23(16)21-14/h3-6,9H,7-8H2,1-2H3. The van der Waals surface area contributed by atoms with Crippen LogP contribution in [0.4, 0.5) is 0 Å². The Labute approximate surface area is 137 Å². The topological polar surface area (TPSA) is 60.9 Å². The first kappa shape index (κ1) is 14.1. The van der Waals surface area contributed by atoms with Crippen LogP contribution in [0.15, 0.2) is 30.6 Å². The van der Waals surface area contributed by atoms with Gasteiger partial charge in [-0.3, -0.25) is 4.68 Å². The highest BCUT2D eigenvalue weighted by atomic mass is 35.5. The molecular formula is C16H15ClN6. The van der Waals surface area contributed by atoms with Gasteiger partial charge < -0.3 is 0 Å². The molecule has 0 amide bonds. The zero-order valence-corrected chi connectivity index (χ0v) is 13.6. The highest BCUT2D eigenvalue weighted by Gasteiger charge is 2.11. The van der Waals surface area contributed by atoms with Gasteiger partial charge in [-0.2, -0.15) is 5.10 Å². The van der Waals surface area contributed by atoms with E-state index in [0.29, 0.717) is 13.0 Å². The highest BCUT2D eigenvalue weighted by Crippen LogP contribution is 2.19. The second-order valence-corrected chi connectivity index (χ2v) is 5.89. The number of benzene rings is 1. The SMILES string of the molecule is Cc1nn(CCc2nc3c4ccccc4ncn3n2)c(C)c1Cl. The van der Waals surface area contributed by atoms with Crippen molar-refractivity contribution < 1.29 is 0 Å². The van der Waals surface area contributed by atoms with Gasteiger partial charge in [-0.1, -0.05) is 23.7 Å². The number of fused-ring (bicyclic) bond motifs is 3. The predicted octanol–water partition coefficient (Wildman–Crippen LogP) is 2.99. The summed E-state index contributed by atoms with van der Waals surface area (Å²) in [7, 11) is 0. The van der Waals surface area contributed by atoms with Crippen LogP contribution in [0.2, 0.25) is 5.02 Å². The summed E-state index contributed by atoms with van der Waals surface area (Å²) in [5.41, 5.74) is 3.57. The van der Waals surface area contributed by atoms with E-state index in [0.717, 1.165) is 38.8 Å². The Morgan fingerprint density at radius 1 is 1.13 bits per heavy atom. The fourth-order valence-corrected chi connectivity index (χ4v) is 2.86. The zero-order chi connectivity index (χ0) is 16.0. The first-order valence-corrected chi connectivity index (χ1v) is 7.80. The minimum atomic E-state index is 0.689. The van der Waals surface area contributed by atoms with Gasteiger partial charge >= 0.3 is 0 Å². The lowest BCUT2D eigenvalue weighted by molar-refractivity contribution is 0.581. The maximum absolute atomic E-state index is 6.18. The molecule has 0 bridgehead atoms. The minimum Gasteiger partial charge on any atom is -0.268 e. The molecule has 3 aromatic heterocycles. The van der Waals surface area contributed by atoms with E-state index in [4.69, 9.17) is 11.6 Å². The summed E-state index contributed by atoms with van der Waals surface area (Å²) in [5.74, 6) is 0.770. The van der Waals surface area contributed by atoms with Gasteiger partial charge in [-0.05, 0) is 26.0 Å². The van der Waals surface area contributed by atoms with Crippen molar-refractivity contribution in [3.63, 3.8) is 0 Å². The van der Waals surface area contributed by atoms with Crippen LogP contribution in [0.25, 0.3) is 16.6 Å². The van der Waals surface area contributed by atoms with Gasteiger partial charge in [0.2, 0.25) is 0 Å². The molecule has 0 atom stereocenters. The molecule has 4 aromatic rings. The lowest BCUT2D eigenvalue weighted by Gasteiger charge is -2.01. The van der Waals surface area contributed by atoms with Crippen molar-refractivity contribution >= 4 is 28.2 Å². The molecule has 0 aliphatic rings. The molecule has 0 aliphatic heterocycles. The van der Waals surface area contributed by atoms with Crippen LogP contribution in [0, 0.1) is 13.8 Å². The first-order valence-electron chi connectivity index (χ1n) is 7.42. The molecule has 0 fully saturated rings. The van der Waals surface area contributed by atoms with Crippen LogP contribution in [-0.2, 0) is 13.0 Å². The van der Waals surface area contributed by atoms with Gasteiger partial charge in [0.15, 0.2) is 11.5 Å². The summed E-state index contributed by atoms with van der Waals surface area (Å²) in [6.45, 7) is 4.57. The number of hydrogen-bond acceptors (Lipinski definition) is 4. The number of aromatic nitrogens is 6. The van der Waals surface area contributed by atoms with Crippen LogP contribution < -0.4 is 0 Å². The monoisotopic (exact) mass is 326 g/mol. The number of rotatable bonds is 3. The van der Waals surface area contributed by atoms with Gasteiger partial charge in [0.05, 0.1) is 21.9 Å². The van der Waals surface area contributed by atoms with E-state index in [-0.39, 0.29) is 0 Å². The molecule has 4 rings (SSSR count). The Kier molecular flexibility index (Phi) is 3.27. The van der Waals surface area contributed by atoms with Crippen LogP contribution >= 0.6 is 11.6 Å². The quantitative estimate of drug-likeness (QED) is 0.580. The zero-order valence-electron chi connectivity index (χ0n) is 12.9. The van der Waals surface area contributed by atoms with Crippen LogP contribution in [0.3, 0.4) is 0 Å². The number of hydrogen-bond donors (Lipinski definition) is 0. The molecule has 0 saturated heterocycles. The number of halogens is 1. The molecule has 7 heteroatoms. The average molecular weight is 327 g/mol. The van der Waals surface area contributed by atoms with Gasteiger partial charge in [0, 0.05) is 18.4 Å². The Bertz CT molecular complexity index is 1020. The van der Waals surface area contributed by atoms with Gasteiger partial charge in [0.1, 0.15) is 6.33 Å². The Morgan fingerprint density at radius 3 is 2.74 bits per heavy atom. The second kappa shape index (κ2) is 5.31. The minimum absolute atomic E-state index is 0.689. The fourth-order valence-electron chi connectivity index (χ4n) is 2.73. The number of para-hydroxylation sites is 1. The van der Waals surface area contributed by atoms with Crippen molar-refractivity contribution in [1.29, 1.82) is 0 Å². The largest absolute Gasteiger partial charge is 0.268 e. The molecule has 0 aliphatic carbocycles. The highest BCUT2D eigenvalue weighted by molar-refractivity contribution is 6.31. The third-order valence-corrected chi connectivity index (χ3v) is 4.51. The summed E-state index contributed by atoms with van der Waals surface area (Å²) in [4.78, 5) is 9.05. The Morgan fingerprint density at radius 2 is 1.96 bits per heavy atom. The van der Waals surface area contributed by atoms with E-state index >= 15 is 0 Å². The van der Waals surface area contributed by atoms with Gasteiger partial charge in [0.25, 0.3) is 0 Å². The molecule has 0 unspecified atom stereocenters. The average Bonchev–Trinajstić information content (AvgIpc) is 3.09. The maximum Gasteiger partial charge on any atom is 0.166 e. The van der Waals surface area contributed by atoms with Crippen molar-refractivity contribution in [2.45, 2.75) is 26.8 Å². The third-order valence-electron chi connectivity index (χ3n) is 3.97. The van der Waals surface area contributed by atoms with E-state index < -0.39 is 0 Å². The Balaban J connectivity index is 1.67. The molecule has 116 valence electrons. The fraction of sp³-hybridized carbons (Fsp3) is 0.250. The lowest BCUT2D eigenvalue weighted by atomic mass is 10.2. The molecule has 0 spiro atoms. The van der Waals surface area contributed by atoms with Crippen LogP contribution in [0.1, 0.15) is 17.2 Å². The van der Waals surface area contributed by atoms with Crippen LogP contribution in [-0.4, -0.2) is 29.4 Å². The number of nitrogens with zero attached hydrogens (tertiary/aromatic N) is 6. The molecule has 0 radical (unpaired) electrons. The van der Waals surface area contributed by atoms with Crippen molar-refractivity contribution in [2.75, 3.05) is 0 Å². The summed E-state index contributed by atoms with van der Waals surface area (Å²) >= 11 is 6.18. The lowest BCUT2D eigenvalue weighted by Crippen LogP contribution is -2.06. The second-order valence-electron chi connectivity index (χ2n) is 5.52. The summed E-state index contributed by atoms with van der Waals surface area (Å²) < 4.78 is 3.63. The molecule has 0 saturated carbocycles. The summed E-state index contributed by atoms with van der Waals surface area (Å²) in [5, 5.41) is 10.7. The number of aryl methyl sites for hydroxylation is 3. The van der Waals surface area contributed by atoms with Crippen molar-refractivity contribution in [3.8, 4) is 0 Å². The van der Waals surface area contributed by atoms with Gasteiger partial charge in [-0.25, -0.2) is 14.5 Å². The molecule has 1 aromatic carbocycles. The van der Waals surface area contributed by atoms with E-state index in [9.17, 15) is 0 Å². The van der Waals surface area contributed by atoms with Gasteiger partial charge in [-0.15, -0.1) is 5.10 Å². The van der Waals surface area contributed by atoms with Crippen molar-refractivity contribution in [3.05, 3.63) is 52.8 Å². The smallest absolute Gasteiger partial charge is 0.166 e. The normalized spacial score (nSPS) is 11.6. The molecule has 6 nitrogen and oxygen atoms in total. The first-order chi connectivity index (χ1) is 11.1. The van der Waals surface area contributed by atoms with E-state index in [1.54, 1.807) is 10.8 Å². The predicted molar refractivity (Wildman–Crippen MR) is 88.7 cm³/mol. The molecule has 23 heavy (non-hydrogen) atoms. The summed E-state index contributed by atoms with van der Waals surface area (Å²) in [6, 6.07) is 7.93.